The molecular weight excluding hydrogens is 338 g/mol. The average molecular weight is 363 g/mol. The molecule has 3 aromatic rings. The Balaban J connectivity index is 1.79. The van der Waals surface area contributed by atoms with Gasteiger partial charge in [-0.3, -0.25) is 5.10 Å². The fraction of sp³-hybridized carbons (Fsp3) is 0.429. The zero-order chi connectivity index (χ0) is 19.0. The summed E-state index contributed by atoms with van der Waals surface area (Å²) in [6.07, 6.45) is 5.37. The van der Waals surface area contributed by atoms with Crippen LogP contribution in [0, 0.1) is 23.2 Å². The second-order valence-electron chi connectivity index (χ2n) is 7.51. The van der Waals surface area contributed by atoms with Crippen LogP contribution in [0.3, 0.4) is 0 Å². The van der Waals surface area contributed by atoms with Gasteiger partial charge >= 0.3 is 0 Å². The fourth-order valence-corrected chi connectivity index (χ4v) is 4.05. The molecule has 0 amide bonds. The van der Waals surface area contributed by atoms with Gasteiger partial charge in [-0.1, -0.05) is 26.7 Å². The SMILES string of the molecule is COc1ccc(-c2nc3c(C#N)c[nH]n3c2N[C@@H]2CCC[C@@H](C)[C@@H]2C)cc1. The minimum atomic E-state index is 0.388. The van der Waals surface area contributed by atoms with E-state index in [-0.39, 0.29) is 0 Å². The molecule has 140 valence electrons. The highest BCUT2D eigenvalue weighted by molar-refractivity contribution is 5.78. The van der Waals surface area contributed by atoms with Gasteiger partial charge in [-0.05, 0) is 42.5 Å². The predicted molar refractivity (Wildman–Crippen MR) is 106 cm³/mol. The molecule has 2 heterocycles. The van der Waals surface area contributed by atoms with Crippen LogP contribution in [0.15, 0.2) is 30.5 Å². The highest BCUT2D eigenvalue weighted by atomic mass is 16.5. The summed E-state index contributed by atoms with van der Waals surface area (Å²) < 4.78 is 7.17. The zero-order valence-electron chi connectivity index (χ0n) is 16.0. The Kier molecular flexibility index (Phi) is 4.53. The van der Waals surface area contributed by atoms with E-state index in [1.54, 1.807) is 13.3 Å². The van der Waals surface area contributed by atoms with Crippen molar-refractivity contribution in [1.82, 2.24) is 14.6 Å². The van der Waals surface area contributed by atoms with Gasteiger partial charge < -0.3 is 10.1 Å². The number of methoxy groups -OCH3 is 1. The Morgan fingerprint density at radius 2 is 2.04 bits per heavy atom. The fourth-order valence-electron chi connectivity index (χ4n) is 4.05. The van der Waals surface area contributed by atoms with E-state index in [1.165, 1.54) is 12.8 Å². The van der Waals surface area contributed by atoms with Crippen molar-refractivity contribution in [3.8, 4) is 23.1 Å². The standard InChI is InChI=1S/C21H25N5O/c1-13-5-4-6-18(14(13)2)24-21-19(15-7-9-17(27-3)10-8-15)25-20-16(11-22)12-23-26(20)21/h7-10,12-14,18,23-24H,4-6H2,1-3H3/t13-,14+,18-/m1/s1. The lowest BCUT2D eigenvalue weighted by atomic mass is 9.78. The van der Waals surface area contributed by atoms with E-state index in [0.29, 0.717) is 29.1 Å². The molecule has 6 nitrogen and oxygen atoms in total. The first kappa shape index (κ1) is 17.5. The summed E-state index contributed by atoms with van der Waals surface area (Å²) in [4.78, 5) is 4.78. The number of hydrogen-bond acceptors (Lipinski definition) is 4. The van der Waals surface area contributed by atoms with E-state index in [9.17, 15) is 5.26 Å². The zero-order valence-corrected chi connectivity index (χ0v) is 16.0. The van der Waals surface area contributed by atoms with Crippen LogP contribution in [-0.4, -0.2) is 27.7 Å². The molecule has 0 aliphatic heterocycles. The first-order valence-electron chi connectivity index (χ1n) is 9.53. The maximum atomic E-state index is 9.40. The molecule has 27 heavy (non-hydrogen) atoms. The summed E-state index contributed by atoms with van der Waals surface area (Å²) in [5.74, 6) is 3.01. The van der Waals surface area contributed by atoms with E-state index in [0.717, 1.165) is 29.2 Å². The van der Waals surface area contributed by atoms with Crippen LogP contribution in [0.1, 0.15) is 38.7 Å². The van der Waals surface area contributed by atoms with Crippen molar-refractivity contribution in [2.24, 2.45) is 11.8 Å². The highest BCUT2D eigenvalue weighted by Crippen LogP contribution is 2.36. The van der Waals surface area contributed by atoms with Crippen LogP contribution in [0.5, 0.6) is 5.75 Å². The van der Waals surface area contributed by atoms with Gasteiger partial charge in [0.05, 0.1) is 7.11 Å². The summed E-state index contributed by atoms with van der Waals surface area (Å²) in [6.45, 7) is 4.65. The maximum absolute atomic E-state index is 9.40. The molecule has 3 atom stereocenters. The number of anilines is 1. The van der Waals surface area contributed by atoms with Crippen molar-refractivity contribution >= 4 is 11.5 Å². The Hall–Kier alpha value is -2.94. The number of fused-ring (bicyclic) bond motifs is 1. The van der Waals surface area contributed by atoms with Gasteiger partial charge in [0.1, 0.15) is 23.1 Å². The van der Waals surface area contributed by atoms with Crippen LogP contribution in [0.4, 0.5) is 5.82 Å². The van der Waals surface area contributed by atoms with Crippen molar-refractivity contribution in [2.45, 2.75) is 39.2 Å². The van der Waals surface area contributed by atoms with E-state index >= 15 is 0 Å². The smallest absolute Gasteiger partial charge is 0.173 e. The molecule has 1 aliphatic carbocycles. The van der Waals surface area contributed by atoms with Crippen LogP contribution >= 0.6 is 0 Å². The van der Waals surface area contributed by atoms with Gasteiger partial charge in [0, 0.05) is 17.8 Å². The van der Waals surface area contributed by atoms with Crippen molar-refractivity contribution in [2.75, 3.05) is 12.4 Å². The summed E-state index contributed by atoms with van der Waals surface area (Å²) in [5, 5.41) is 16.3. The van der Waals surface area contributed by atoms with Crippen LogP contribution in [-0.2, 0) is 0 Å². The number of nitrogens with one attached hydrogen (secondary N) is 2. The Morgan fingerprint density at radius 3 is 2.74 bits per heavy atom. The van der Waals surface area contributed by atoms with E-state index in [1.807, 2.05) is 28.8 Å². The monoisotopic (exact) mass is 363 g/mol. The lowest BCUT2D eigenvalue weighted by molar-refractivity contribution is 0.252. The molecule has 0 spiro atoms. The minimum Gasteiger partial charge on any atom is -0.497 e. The Morgan fingerprint density at radius 1 is 1.26 bits per heavy atom. The summed E-state index contributed by atoms with van der Waals surface area (Å²) >= 11 is 0. The molecule has 2 aromatic heterocycles. The van der Waals surface area contributed by atoms with Gasteiger partial charge in [-0.25, -0.2) is 9.50 Å². The number of hydrogen-bond donors (Lipinski definition) is 2. The van der Waals surface area contributed by atoms with E-state index in [2.05, 4.69) is 30.3 Å². The third kappa shape index (κ3) is 3.03. The maximum Gasteiger partial charge on any atom is 0.173 e. The topological polar surface area (TPSA) is 78.1 Å². The number of aromatic nitrogens is 3. The van der Waals surface area contributed by atoms with Gasteiger partial charge in [0.25, 0.3) is 0 Å². The molecule has 6 heteroatoms. The van der Waals surface area contributed by atoms with Gasteiger partial charge in [-0.2, -0.15) is 5.26 Å². The average Bonchev–Trinajstić information content (AvgIpc) is 3.25. The molecule has 2 N–H and O–H groups in total. The normalized spacial score (nSPS) is 22.5. The highest BCUT2D eigenvalue weighted by Gasteiger charge is 2.29. The van der Waals surface area contributed by atoms with Gasteiger partial charge in [-0.15, -0.1) is 0 Å². The molecule has 4 rings (SSSR count). The van der Waals surface area contributed by atoms with Gasteiger partial charge in [0.15, 0.2) is 11.5 Å². The quantitative estimate of drug-likeness (QED) is 0.718. The van der Waals surface area contributed by atoms with E-state index < -0.39 is 0 Å². The lowest BCUT2D eigenvalue weighted by Gasteiger charge is -2.35. The molecule has 1 saturated carbocycles. The lowest BCUT2D eigenvalue weighted by Crippen LogP contribution is -2.35. The molecule has 0 radical (unpaired) electrons. The largest absolute Gasteiger partial charge is 0.497 e. The second kappa shape index (κ2) is 6.99. The van der Waals surface area contributed by atoms with E-state index in [4.69, 9.17) is 9.72 Å². The number of H-pyrrole nitrogens is 1. The van der Waals surface area contributed by atoms with Crippen LogP contribution in [0.2, 0.25) is 0 Å². The number of aromatic amines is 1. The second-order valence-corrected chi connectivity index (χ2v) is 7.51. The molecule has 0 bridgehead atoms. The van der Waals surface area contributed by atoms with Gasteiger partial charge in [0.2, 0.25) is 0 Å². The molecule has 0 unspecified atom stereocenters. The first-order valence-corrected chi connectivity index (χ1v) is 9.53. The van der Waals surface area contributed by atoms with Crippen LogP contribution < -0.4 is 10.1 Å². The third-order valence-corrected chi connectivity index (χ3v) is 5.97. The predicted octanol–water partition coefficient (Wildman–Crippen LogP) is 4.45. The molecular formula is C21H25N5O. The number of nitriles is 1. The molecule has 1 aromatic carbocycles. The third-order valence-electron chi connectivity index (χ3n) is 5.97. The molecule has 0 saturated heterocycles. The Bertz CT molecular complexity index is 979. The number of benzene rings is 1. The van der Waals surface area contributed by atoms with Crippen molar-refractivity contribution in [1.29, 1.82) is 5.26 Å². The number of nitrogens with zero attached hydrogens (tertiary/aromatic N) is 3. The van der Waals surface area contributed by atoms with Crippen molar-refractivity contribution in [3.05, 3.63) is 36.0 Å². The molecule has 1 aliphatic rings. The number of rotatable bonds is 4. The number of ether oxygens (including phenoxy) is 1. The summed E-state index contributed by atoms with van der Waals surface area (Å²) in [7, 11) is 1.66. The Labute approximate surface area is 159 Å². The minimum absolute atomic E-state index is 0.388. The summed E-state index contributed by atoms with van der Waals surface area (Å²) in [5.41, 5.74) is 3.05. The van der Waals surface area contributed by atoms with Crippen molar-refractivity contribution in [3.63, 3.8) is 0 Å². The number of imidazole rings is 1. The summed E-state index contributed by atoms with van der Waals surface area (Å²) in [6, 6.07) is 10.5. The molecule has 1 fully saturated rings. The first-order chi connectivity index (χ1) is 13.1. The van der Waals surface area contributed by atoms with Crippen molar-refractivity contribution < 1.29 is 4.74 Å². The van der Waals surface area contributed by atoms with Crippen LogP contribution in [0.25, 0.3) is 16.9 Å².